The maximum atomic E-state index is 11.8. The average molecular weight is 310 g/mol. The molecule has 2 atom stereocenters. The van der Waals surface area contributed by atoms with Crippen molar-refractivity contribution in [2.24, 2.45) is 0 Å². The molecule has 2 unspecified atom stereocenters. The van der Waals surface area contributed by atoms with Crippen LogP contribution in [0.2, 0.25) is 0 Å². The van der Waals surface area contributed by atoms with Gasteiger partial charge in [0.15, 0.2) is 0 Å². The van der Waals surface area contributed by atoms with Gasteiger partial charge in [-0.15, -0.1) is 0 Å². The Bertz CT molecular complexity index is 692. The Labute approximate surface area is 136 Å². The minimum atomic E-state index is -0.472. The van der Waals surface area contributed by atoms with Crippen molar-refractivity contribution >= 4 is 6.09 Å². The first-order valence-electron chi connectivity index (χ1n) is 7.94. The first-order chi connectivity index (χ1) is 10.9. The monoisotopic (exact) mass is 310 g/mol. The van der Waals surface area contributed by atoms with Gasteiger partial charge in [0.2, 0.25) is 0 Å². The molecule has 1 amide bonds. The van der Waals surface area contributed by atoms with Crippen molar-refractivity contribution in [2.75, 3.05) is 0 Å². The Kier molecular flexibility index (Phi) is 4.07. The molecule has 1 aliphatic carbocycles. The molecule has 23 heavy (non-hydrogen) atoms. The number of carbonyl (C=O) groups excluding carboxylic acids is 1. The van der Waals surface area contributed by atoms with Crippen molar-refractivity contribution in [2.45, 2.75) is 44.8 Å². The SMILES string of the molecule is CC(C)(C)OC(=O)NC1CC1c1cccc(-c2ccccc2)n1. The summed E-state index contributed by atoms with van der Waals surface area (Å²) in [5, 5.41) is 2.92. The molecule has 3 rings (SSSR count). The number of hydrogen-bond acceptors (Lipinski definition) is 3. The smallest absolute Gasteiger partial charge is 0.407 e. The number of hydrogen-bond donors (Lipinski definition) is 1. The molecule has 0 spiro atoms. The fraction of sp³-hybridized carbons (Fsp3) is 0.368. The summed E-state index contributed by atoms with van der Waals surface area (Å²) in [5.74, 6) is 0.270. The second-order valence-corrected chi connectivity index (χ2v) is 6.91. The number of ether oxygens (including phenoxy) is 1. The number of nitrogens with one attached hydrogen (secondary N) is 1. The predicted molar refractivity (Wildman–Crippen MR) is 90.2 cm³/mol. The maximum absolute atomic E-state index is 11.8. The standard InChI is InChI=1S/C19H22N2O2/c1-19(2,3)23-18(22)21-17-12-14(17)16-11-7-10-15(20-16)13-8-5-4-6-9-13/h4-11,14,17H,12H2,1-3H3,(H,21,22). The molecule has 1 fully saturated rings. The summed E-state index contributed by atoms with van der Waals surface area (Å²) in [5.41, 5.74) is 2.62. The molecular formula is C19H22N2O2. The molecule has 0 bridgehead atoms. The van der Waals surface area contributed by atoms with Gasteiger partial charge >= 0.3 is 6.09 Å². The fourth-order valence-electron chi connectivity index (χ4n) is 2.57. The lowest BCUT2D eigenvalue weighted by Crippen LogP contribution is -2.34. The van der Waals surface area contributed by atoms with Crippen molar-refractivity contribution in [3.05, 3.63) is 54.2 Å². The lowest BCUT2D eigenvalue weighted by atomic mass is 10.1. The van der Waals surface area contributed by atoms with Gasteiger partial charge in [-0.25, -0.2) is 4.79 Å². The van der Waals surface area contributed by atoms with Crippen LogP contribution in [-0.4, -0.2) is 22.7 Å². The second kappa shape index (κ2) is 6.03. The molecule has 1 saturated carbocycles. The molecule has 1 aromatic carbocycles. The van der Waals surface area contributed by atoms with Gasteiger partial charge in [0, 0.05) is 23.2 Å². The zero-order valence-electron chi connectivity index (χ0n) is 13.7. The van der Waals surface area contributed by atoms with E-state index in [1.807, 2.05) is 57.2 Å². The maximum Gasteiger partial charge on any atom is 0.407 e. The number of aromatic nitrogens is 1. The average Bonchev–Trinajstić information content (AvgIpc) is 3.25. The van der Waals surface area contributed by atoms with E-state index < -0.39 is 5.60 Å². The van der Waals surface area contributed by atoms with E-state index in [0.29, 0.717) is 0 Å². The molecule has 0 aliphatic heterocycles. The summed E-state index contributed by atoms with van der Waals surface area (Å²) in [7, 11) is 0. The Morgan fingerprint density at radius 1 is 1.13 bits per heavy atom. The topological polar surface area (TPSA) is 51.2 Å². The first-order valence-corrected chi connectivity index (χ1v) is 7.94. The molecule has 0 radical (unpaired) electrons. The molecule has 1 heterocycles. The molecule has 0 saturated heterocycles. The Morgan fingerprint density at radius 2 is 1.87 bits per heavy atom. The van der Waals surface area contributed by atoms with Crippen LogP contribution >= 0.6 is 0 Å². The fourth-order valence-corrected chi connectivity index (χ4v) is 2.57. The second-order valence-electron chi connectivity index (χ2n) is 6.91. The summed E-state index contributed by atoms with van der Waals surface area (Å²) in [6.07, 6.45) is 0.550. The highest BCUT2D eigenvalue weighted by Crippen LogP contribution is 2.40. The van der Waals surface area contributed by atoms with E-state index >= 15 is 0 Å². The summed E-state index contributed by atoms with van der Waals surface area (Å²) >= 11 is 0. The van der Waals surface area contributed by atoms with E-state index in [-0.39, 0.29) is 18.1 Å². The van der Waals surface area contributed by atoms with Gasteiger partial charge < -0.3 is 10.1 Å². The first kappa shape index (κ1) is 15.5. The quantitative estimate of drug-likeness (QED) is 0.927. The number of pyridine rings is 1. The number of nitrogens with zero attached hydrogens (tertiary/aromatic N) is 1. The lowest BCUT2D eigenvalue weighted by Gasteiger charge is -2.19. The third-order valence-electron chi connectivity index (χ3n) is 3.71. The normalized spacial score (nSPS) is 20.0. The van der Waals surface area contributed by atoms with Crippen LogP contribution in [0.3, 0.4) is 0 Å². The third kappa shape index (κ3) is 4.09. The highest BCUT2D eigenvalue weighted by Gasteiger charge is 2.41. The van der Waals surface area contributed by atoms with Crippen LogP contribution in [-0.2, 0) is 4.74 Å². The van der Waals surface area contributed by atoms with E-state index in [9.17, 15) is 4.79 Å². The number of rotatable bonds is 3. The highest BCUT2D eigenvalue weighted by molar-refractivity contribution is 5.69. The Hall–Kier alpha value is -2.36. The molecule has 2 aromatic rings. The van der Waals surface area contributed by atoms with Crippen molar-refractivity contribution in [1.82, 2.24) is 10.3 Å². The van der Waals surface area contributed by atoms with Crippen LogP contribution in [0.25, 0.3) is 11.3 Å². The van der Waals surface area contributed by atoms with Crippen LogP contribution < -0.4 is 5.32 Å². The minimum Gasteiger partial charge on any atom is -0.444 e. The van der Waals surface area contributed by atoms with Crippen molar-refractivity contribution < 1.29 is 9.53 Å². The number of alkyl carbamates (subject to hydrolysis) is 1. The largest absolute Gasteiger partial charge is 0.444 e. The van der Waals surface area contributed by atoms with E-state index in [1.165, 1.54) is 0 Å². The van der Waals surface area contributed by atoms with Crippen LogP contribution in [0.1, 0.15) is 38.8 Å². The number of amides is 1. The van der Waals surface area contributed by atoms with Gasteiger partial charge in [-0.2, -0.15) is 0 Å². The van der Waals surface area contributed by atoms with Crippen molar-refractivity contribution in [3.63, 3.8) is 0 Å². The van der Waals surface area contributed by atoms with Crippen LogP contribution in [0, 0.1) is 0 Å². The van der Waals surface area contributed by atoms with E-state index in [1.54, 1.807) is 0 Å². The summed E-state index contributed by atoms with van der Waals surface area (Å²) in [6, 6.07) is 16.3. The summed E-state index contributed by atoms with van der Waals surface area (Å²) in [6.45, 7) is 5.59. The molecular weight excluding hydrogens is 288 g/mol. The Balaban J connectivity index is 1.65. The van der Waals surface area contributed by atoms with E-state index in [4.69, 9.17) is 9.72 Å². The number of benzene rings is 1. The van der Waals surface area contributed by atoms with Crippen molar-refractivity contribution in [3.8, 4) is 11.3 Å². The van der Waals surface area contributed by atoms with Gasteiger partial charge in [-0.05, 0) is 39.3 Å². The minimum absolute atomic E-state index is 0.114. The predicted octanol–water partition coefficient (Wildman–Crippen LogP) is 4.13. The van der Waals surface area contributed by atoms with E-state index in [0.717, 1.165) is 23.4 Å². The molecule has 4 nitrogen and oxygen atoms in total. The summed E-state index contributed by atoms with van der Waals surface area (Å²) < 4.78 is 5.30. The molecule has 120 valence electrons. The zero-order chi connectivity index (χ0) is 16.4. The van der Waals surface area contributed by atoms with Gasteiger partial charge in [0.25, 0.3) is 0 Å². The van der Waals surface area contributed by atoms with Gasteiger partial charge in [-0.3, -0.25) is 4.98 Å². The van der Waals surface area contributed by atoms with E-state index in [2.05, 4.69) is 17.4 Å². The zero-order valence-corrected chi connectivity index (χ0v) is 13.7. The van der Waals surface area contributed by atoms with Gasteiger partial charge in [0.1, 0.15) is 5.60 Å². The van der Waals surface area contributed by atoms with Crippen molar-refractivity contribution in [1.29, 1.82) is 0 Å². The molecule has 4 heteroatoms. The Morgan fingerprint density at radius 3 is 2.57 bits per heavy atom. The third-order valence-corrected chi connectivity index (χ3v) is 3.71. The van der Waals surface area contributed by atoms with Crippen LogP contribution in [0.4, 0.5) is 4.79 Å². The highest BCUT2D eigenvalue weighted by atomic mass is 16.6. The number of carbonyl (C=O) groups is 1. The molecule has 1 aromatic heterocycles. The molecule has 1 aliphatic rings. The van der Waals surface area contributed by atoms with Gasteiger partial charge in [-0.1, -0.05) is 36.4 Å². The molecule has 1 N–H and O–H groups in total. The lowest BCUT2D eigenvalue weighted by molar-refractivity contribution is 0.0523. The van der Waals surface area contributed by atoms with Crippen LogP contribution in [0.15, 0.2) is 48.5 Å². The van der Waals surface area contributed by atoms with Crippen LogP contribution in [0.5, 0.6) is 0 Å². The van der Waals surface area contributed by atoms with Gasteiger partial charge in [0.05, 0.1) is 5.69 Å². The summed E-state index contributed by atoms with van der Waals surface area (Å²) in [4.78, 5) is 16.6.